The molecule has 1 aliphatic rings. The summed E-state index contributed by atoms with van der Waals surface area (Å²) in [5, 5.41) is 14.8. The summed E-state index contributed by atoms with van der Waals surface area (Å²) in [5.74, 6) is 0.750. The van der Waals surface area contributed by atoms with Crippen LogP contribution in [0.4, 0.5) is 0 Å². The number of hydrogen-bond acceptors (Lipinski definition) is 5. The third kappa shape index (κ3) is 3.29. The lowest BCUT2D eigenvalue weighted by Crippen LogP contribution is -2.24. The second-order valence-electron chi connectivity index (χ2n) is 8.67. The van der Waals surface area contributed by atoms with Gasteiger partial charge in [0.1, 0.15) is 16.8 Å². The first-order valence-electron chi connectivity index (χ1n) is 12.4. The van der Waals surface area contributed by atoms with Crippen LogP contribution in [0.2, 0.25) is 0 Å². The Bertz CT molecular complexity index is 1680. The van der Waals surface area contributed by atoms with E-state index in [9.17, 15) is 4.79 Å². The molecule has 8 nitrogen and oxygen atoms in total. The fourth-order valence-corrected chi connectivity index (χ4v) is 4.36. The molecule has 0 N–H and O–H groups in total. The van der Waals surface area contributed by atoms with Crippen LogP contribution in [0.5, 0.6) is 5.75 Å². The number of benzene rings is 2. The van der Waals surface area contributed by atoms with E-state index >= 15 is 0 Å². The molecular weight excluding hydrogens is 416 g/mol. The molecule has 0 radical (unpaired) electrons. The molecule has 0 unspecified atom stereocenters. The monoisotopic (exact) mass is 443 g/mol. The predicted molar refractivity (Wildman–Crippen MR) is 127 cm³/mol. The highest BCUT2D eigenvalue weighted by Crippen LogP contribution is 2.34. The highest BCUT2D eigenvalue weighted by molar-refractivity contribution is 5.92. The van der Waals surface area contributed by atoms with Gasteiger partial charge in [-0.2, -0.15) is 20.0 Å². The Morgan fingerprint density at radius 1 is 1.12 bits per heavy atom. The van der Waals surface area contributed by atoms with Crippen molar-refractivity contribution in [1.82, 2.24) is 29.3 Å². The van der Waals surface area contributed by atoms with Gasteiger partial charge in [0, 0.05) is 25.2 Å². The largest absolute Gasteiger partial charge is 0.497 e. The fourth-order valence-electron chi connectivity index (χ4n) is 4.36. The molecule has 5 aromatic rings. The lowest BCUT2D eigenvalue weighted by molar-refractivity contribution is 0.415. The Balaban J connectivity index is 1.57. The Morgan fingerprint density at radius 2 is 1.94 bits per heavy atom. The number of nitrogens with zero attached hydrogens (tertiary/aromatic N) is 6. The van der Waals surface area contributed by atoms with Crippen LogP contribution in [0.1, 0.15) is 22.6 Å². The summed E-state index contributed by atoms with van der Waals surface area (Å²) in [7, 11) is -0.700. The lowest BCUT2D eigenvalue weighted by atomic mass is 10.1. The molecule has 8 heteroatoms. The molecule has 1 fully saturated rings. The van der Waals surface area contributed by atoms with Crippen LogP contribution in [0.25, 0.3) is 38.8 Å². The maximum atomic E-state index is 14.0. The Hall–Kier alpha value is -3.94. The Labute approximate surface area is 194 Å². The highest BCUT2D eigenvalue weighted by atomic mass is 16.5. The van der Waals surface area contributed by atoms with Crippen molar-refractivity contribution >= 4 is 21.9 Å². The molecule has 0 bridgehead atoms. The van der Waals surface area contributed by atoms with Gasteiger partial charge in [0.25, 0.3) is 5.56 Å². The zero-order valence-corrected chi connectivity index (χ0v) is 18.3. The van der Waals surface area contributed by atoms with Crippen molar-refractivity contribution in [2.24, 2.45) is 13.0 Å². The first-order valence-corrected chi connectivity index (χ1v) is 10.9. The van der Waals surface area contributed by atoms with Crippen LogP contribution in [0.15, 0.2) is 53.5 Å². The molecule has 166 valence electrons. The van der Waals surface area contributed by atoms with Crippen molar-refractivity contribution in [2.75, 3.05) is 7.04 Å². The van der Waals surface area contributed by atoms with Gasteiger partial charge in [0.15, 0.2) is 0 Å². The minimum atomic E-state index is -2.55. The van der Waals surface area contributed by atoms with Crippen LogP contribution in [-0.4, -0.2) is 36.4 Å². The van der Waals surface area contributed by atoms with E-state index in [1.165, 1.54) is 4.68 Å². The van der Waals surface area contributed by atoms with Crippen molar-refractivity contribution in [2.45, 2.75) is 26.3 Å². The number of methoxy groups -OCH3 is 1. The van der Waals surface area contributed by atoms with E-state index in [0.29, 0.717) is 33.8 Å². The summed E-state index contributed by atoms with van der Waals surface area (Å²) >= 11 is 0. The number of hydrogen-bond donors (Lipinski definition) is 0. The zero-order valence-electron chi connectivity index (χ0n) is 21.3. The second-order valence-corrected chi connectivity index (χ2v) is 8.67. The van der Waals surface area contributed by atoms with Crippen LogP contribution in [-0.2, 0) is 13.6 Å². The van der Waals surface area contributed by atoms with Crippen LogP contribution < -0.4 is 10.3 Å². The van der Waals surface area contributed by atoms with Gasteiger partial charge in [-0.3, -0.25) is 14.2 Å². The van der Waals surface area contributed by atoms with Gasteiger partial charge in [-0.15, -0.1) is 0 Å². The highest BCUT2D eigenvalue weighted by Gasteiger charge is 2.26. The minimum Gasteiger partial charge on any atom is -0.497 e. The summed E-state index contributed by atoms with van der Waals surface area (Å²) in [6.07, 6.45) is 4.19. The number of ether oxygens (including phenoxy) is 1. The van der Waals surface area contributed by atoms with Crippen LogP contribution in [0.3, 0.4) is 0 Å². The number of aryl methyl sites for hydroxylation is 2. The first-order chi connectivity index (χ1) is 17.2. The second kappa shape index (κ2) is 7.30. The van der Waals surface area contributed by atoms with Crippen LogP contribution in [0, 0.1) is 12.8 Å². The van der Waals surface area contributed by atoms with Crippen molar-refractivity contribution < 1.29 is 8.85 Å². The molecule has 0 spiro atoms. The van der Waals surface area contributed by atoms with Crippen molar-refractivity contribution in [1.29, 1.82) is 0 Å². The van der Waals surface area contributed by atoms with Gasteiger partial charge < -0.3 is 4.74 Å². The summed E-state index contributed by atoms with van der Waals surface area (Å²) in [4.78, 5) is 14.0. The molecule has 2 aromatic carbocycles. The summed E-state index contributed by atoms with van der Waals surface area (Å²) in [5.41, 5.74) is 4.35. The van der Waals surface area contributed by atoms with Gasteiger partial charge in [0.05, 0.1) is 33.6 Å². The van der Waals surface area contributed by atoms with Crippen molar-refractivity contribution in [3.8, 4) is 22.6 Å². The maximum absolute atomic E-state index is 14.0. The van der Waals surface area contributed by atoms with E-state index in [0.717, 1.165) is 36.0 Å². The van der Waals surface area contributed by atoms with Crippen molar-refractivity contribution in [3.05, 3.63) is 64.7 Å². The number of fused-ring (bicyclic) bond motifs is 2. The van der Waals surface area contributed by atoms with E-state index in [2.05, 4.69) is 5.10 Å². The van der Waals surface area contributed by atoms with Gasteiger partial charge in [-0.25, -0.2) is 0 Å². The average Bonchev–Trinajstić information content (AvgIpc) is 3.47. The summed E-state index contributed by atoms with van der Waals surface area (Å²) < 4.78 is 32.1. The van der Waals surface area contributed by atoms with Gasteiger partial charge >= 0.3 is 0 Å². The molecular formula is C25H24N6O2. The topological polar surface area (TPSA) is 79.8 Å². The maximum Gasteiger partial charge on any atom is 0.281 e. The number of rotatable bonds is 5. The predicted octanol–water partition coefficient (Wildman–Crippen LogP) is 3.86. The van der Waals surface area contributed by atoms with E-state index in [-0.39, 0.29) is 11.3 Å². The SMILES string of the molecule is [2H]C([2H])([2H])Oc1ccc(-c2c(=O)n(-c3ccc4nn(C)cc4c3)nc3c(C)nn(CC4CC4)c23)cc1. The van der Waals surface area contributed by atoms with Gasteiger partial charge in [-0.05, 0) is 61.6 Å². The third-order valence-corrected chi connectivity index (χ3v) is 6.17. The molecule has 0 saturated heterocycles. The first kappa shape index (κ1) is 16.7. The van der Waals surface area contributed by atoms with Crippen LogP contribution >= 0.6 is 0 Å². The molecule has 3 aromatic heterocycles. The molecule has 3 heterocycles. The molecule has 6 rings (SSSR count). The fraction of sp³-hybridized carbons (Fsp3) is 0.280. The minimum absolute atomic E-state index is 0.203. The Kier molecular flexibility index (Phi) is 3.68. The molecule has 0 amide bonds. The summed E-state index contributed by atoms with van der Waals surface area (Å²) in [6, 6.07) is 12.1. The standard InChI is InChI=1S/C25H24N6O2/c1-15-23-24(30(26-15)13-16-4-5-16)22(17-6-9-20(33-3)10-7-17)25(32)31(28-23)19-8-11-21-18(12-19)14-29(2)27-21/h6-12,14,16H,4-5,13H2,1-3H3/i3D3. The number of aromatic nitrogens is 6. The Morgan fingerprint density at radius 3 is 2.70 bits per heavy atom. The lowest BCUT2D eigenvalue weighted by Gasteiger charge is -2.12. The molecule has 1 aliphatic carbocycles. The smallest absolute Gasteiger partial charge is 0.281 e. The molecule has 33 heavy (non-hydrogen) atoms. The van der Waals surface area contributed by atoms with E-state index in [1.54, 1.807) is 28.9 Å². The van der Waals surface area contributed by atoms with Gasteiger partial charge in [-0.1, -0.05) is 12.1 Å². The molecule has 0 aliphatic heterocycles. The van der Waals surface area contributed by atoms with E-state index in [1.807, 2.05) is 43.0 Å². The van der Waals surface area contributed by atoms with E-state index in [4.69, 9.17) is 19.0 Å². The van der Waals surface area contributed by atoms with Gasteiger partial charge in [0.2, 0.25) is 0 Å². The normalized spacial score (nSPS) is 15.5. The zero-order chi connectivity index (χ0) is 25.2. The summed E-state index contributed by atoms with van der Waals surface area (Å²) in [6.45, 7) is 2.62. The average molecular weight is 444 g/mol. The van der Waals surface area contributed by atoms with E-state index < -0.39 is 7.04 Å². The molecule has 0 atom stereocenters. The van der Waals surface area contributed by atoms with Crippen molar-refractivity contribution in [3.63, 3.8) is 0 Å². The quantitative estimate of drug-likeness (QED) is 0.412. The molecule has 1 saturated carbocycles. The third-order valence-electron chi connectivity index (χ3n) is 6.17.